The summed E-state index contributed by atoms with van der Waals surface area (Å²) in [4.78, 5) is 28.9. The normalized spacial score (nSPS) is 25.9. The van der Waals surface area contributed by atoms with E-state index in [0.717, 1.165) is 17.6 Å². The number of carbonyl (C=O) groups is 2. The summed E-state index contributed by atoms with van der Waals surface area (Å²) in [6.07, 6.45) is 0.246. The molecule has 6 rings (SSSR count). The molecular formula is C41H45N3O11. The van der Waals surface area contributed by atoms with Crippen LogP contribution in [0.4, 0.5) is 0 Å². The number of carboxylic acids is 1. The summed E-state index contributed by atoms with van der Waals surface area (Å²) < 4.78 is 17.5. The van der Waals surface area contributed by atoms with Gasteiger partial charge < -0.3 is 55.9 Å². The van der Waals surface area contributed by atoms with Crippen LogP contribution in [0.2, 0.25) is 0 Å². The number of carbonyl (C=O) groups excluding carboxylic acids is 1. The van der Waals surface area contributed by atoms with Gasteiger partial charge in [-0.25, -0.2) is 4.79 Å². The first-order valence-corrected chi connectivity index (χ1v) is 17.9. The molecule has 9 N–H and O–H groups in total. The number of aliphatic hydroxyl groups is 4. The van der Waals surface area contributed by atoms with E-state index in [1.54, 1.807) is 0 Å². The van der Waals surface area contributed by atoms with E-state index in [9.17, 15) is 40.2 Å². The first-order chi connectivity index (χ1) is 26.4. The van der Waals surface area contributed by atoms with Crippen LogP contribution >= 0.6 is 0 Å². The van der Waals surface area contributed by atoms with Gasteiger partial charge in [0, 0.05) is 18.8 Å². The summed E-state index contributed by atoms with van der Waals surface area (Å²) in [6, 6.07) is 19.8. The van der Waals surface area contributed by atoms with Crippen molar-refractivity contribution in [3.63, 3.8) is 0 Å². The average Bonchev–Trinajstić information content (AvgIpc) is 3.68. The number of ether oxygens (including phenoxy) is 3. The Balaban J connectivity index is 1.22. The van der Waals surface area contributed by atoms with E-state index < -0.39 is 48.2 Å². The molecule has 8 atom stereocenters. The molecule has 0 saturated carbocycles. The highest BCUT2D eigenvalue weighted by Crippen LogP contribution is 2.42. The maximum absolute atomic E-state index is 12.5. The first-order valence-electron chi connectivity index (χ1n) is 17.9. The Morgan fingerprint density at radius 3 is 2.51 bits per heavy atom. The Kier molecular flexibility index (Phi) is 12.0. The number of nitrogens with one attached hydrogen (secondary N) is 1. The van der Waals surface area contributed by atoms with Crippen LogP contribution in [0.1, 0.15) is 36.5 Å². The summed E-state index contributed by atoms with van der Waals surface area (Å²) in [5.74, 6) is -2.73. The standard InChI is InChI=1S/C41H45N3O11/c1-23(6-5-9-24-7-3-2-4-8-24)27(18-25-16-17-43-20-25)21-44-22-41(52)37(48)34(47)36(39(50)51)55-40(41)53-29-14-15-30-31(19-29)54-35(38(42)49)32(33(30)46)26-10-12-28(45)13-11-26/h2-5,7-16,19-20,23,27,34-37,40,44-48,52H,6,17-18,21-22H2,1H3,(H2,42,49)(H,50,51). The van der Waals surface area contributed by atoms with Gasteiger partial charge in [0.25, 0.3) is 5.91 Å². The lowest BCUT2D eigenvalue weighted by atomic mass is 9.84. The number of aliphatic imine (C=N–C) groups is 1. The van der Waals surface area contributed by atoms with E-state index in [2.05, 4.69) is 35.5 Å². The van der Waals surface area contributed by atoms with Gasteiger partial charge in [-0.15, -0.1) is 0 Å². The summed E-state index contributed by atoms with van der Waals surface area (Å²) in [7, 11) is 0. The zero-order valence-electron chi connectivity index (χ0n) is 30.1. The predicted octanol–water partition coefficient (Wildman–Crippen LogP) is 3.05. The third kappa shape index (κ3) is 8.74. The fourth-order valence-corrected chi connectivity index (χ4v) is 6.97. The lowest BCUT2D eigenvalue weighted by molar-refractivity contribution is -0.311. The zero-order valence-corrected chi connectivity index (χ0v) is 30.1. The number of phenols is 1. The summed E-state index contributed by atoms with van der Waals surface area (Å²) >= 11 is 0. The van der Waals surface area contributed by atoms with E-state index in [-0.39, 0.29) is 52.5 Å². The van der Waals surface area contributed by atoms with E-state index in [1.165, 1.54) is 42.5 Å². The SMILES string of the molecule is CC(CC=Cc1ccccc1)C(CNCC1(O)C(Oc2ccc3c(c2)OC(C(N)=O)C(c2ccc(O)cc2)=C3O)OC(C(=O)O)C(O)C1O)CC1=CCN=C1. The number of hydrogen-bond acceptors (Lipinski definition) is 12. The molecule has 0 spiro atoms. The van der Waals surface area contributed by atoms with Crippen molar-refractivity contribution in [2.75, 3.05) is 19.6 Å². The molecule has 0 bridgehead atoms. The van der Waals surface area contributed by atoms with Crippen LogP contribution in [-0.4, -0.2) is 105 Å². The van der Waals surface area contributed by atoms with E-state index in [0.29, 0.717) is 25.1 Å². The van der Waals surface area contributed by atoms with Crippen molar-refractivity contribution in [2.45, 2.75) is 56.1 Å². The van der Waals surface area contributed by atoms with Crippen molar-refractivity contribution >= 4 is 35.5 Å². The molecule has 14 heteroatoms. The molecule has 3 aliphatic rings. The molecule has 8 unspecified atom stereocenters. The molecule has 3 heterocycles. The van der Waals surface area contributed by atoms with Crippen molar-refractivity contribution in [2.24, 2.45) is 22.6 Å². The number of fused-ring (bicyclic) bond motifs is 1. The Morgan fingerprint density at radius 1 is 1.09 bits per heavy atom. The molecule has 3 aliphatic heterocycles. The summed E-state index contributed by atoms with van der Waals surface area (Å²) in [5, 5.41) is 68.0. The highest BCUT2D eigenvalue weighted by molar-refractivity contribution is 6.03. The number of allylic oxidation sites excluding steroid dienone is 2. The third-order valence-corrected chi connectivity index (χ3v) is 10.2. The second-order valence-electron chi connectivity index (χ2n) is 14.0. The first kappa shape index (κ1) is 39.2. The molecule has 1 saturated heterocycles. The van der Waals surface area contributed by atoms with Gasteiger partial charge in [0.15, 0.2) is 11.7 Å². The fraction of sp³-hybridized carbons (Fsp3) is 0.341. The summed E-state index contributed by atoms with van der Waals surface area (Å²) in [5.41, 5.74) is 6.04. The number of phenolic OH excluding ortho intramolecular Hbond substituents is 1. The quantitative estimate of drug-likeness (QED) is 0.112. The Morgan fingerprint density at radius 2 is 1.84 bits per heavy atom. The lowest BCUT2D eigenvalue weighted by Crippen LogP contribution is -2.71. The minimum Gasteiger partial charge on any atom is -0.508 e. The van der Waals surface area contributed by atoms with E-state index >= 15 is 0 Å². The van der Waals surface area contributed by atoms with Crippen LogP contribution in [0.5, 0.6) is 17.2 Å². The van der Waals surface area contributed by atoms with Crippen molar-refractivity contribution in [3.05, 3.63) is 107 Å². The van der Waals surface area contributed by atoms with Crippen molar-refractivity contribution < 1.29 is 54.4 Å². The second-order valence-corrected chi connectivity index (χ2v) is 14.0. The number of hydrogen-bond donors (Lipinski definition) is 8. The van der Waals surface area contributed by atoms with Gasteiger partial charge in [-0.3, -0.25) is 9.79 Å². The molecule has 14 nitrogen and oxygen atoms in total. The van der Waals surface area contributed by atoms with Crippen LogP contribution in [0.3, 0.4) is 0 Å². The molecular weight excluding hydrogens is 710 g/mol. The predicted molar refractivity (Wildman–Crippen MR) is 203 cm³/mol. The number of primary amides is 1. The van der Waals surface area contributed by atoms with Crippen molar-refractivity contribution in [3.8, 4) is 17.2 Å². The van der Waals surface area contributed by atoms with Crippen LogP contribution in [0, 0.1) is 11.8 Å². The van der Waals surface area contributed by atoms with Gasteiger partial charge >= 0.3 is 5.97 Å². The molecule has 3 aromatic carbocycles. The van der Waals surface area contributed by atoms with Crippen LogP contribution < -0.4 is 20.5 Å². The molecule has 0 aliphatic carbocycles. The lowest BCUT2D eigenvalue weighted by Gasteiger charge is -2.47. The minimum atomic E-state index is -2.37. The smallest absolute Gasteiger partial charge is 0.335 e. The Bertz CT molecular complexity index is 1980. The minimum absolute atomic E-state index is 0.0284. The molecule has 55 heavy (non-hydrogen) atoms. The van der Waals surface area contributed by atoms with Gasteiger partial charge in [-0.05, 0) is 72.2 Å². The molecule has 0 radical (unpaired) electrons. The van der Waals surface area contributed by atoms with Gasteiger partial charge in [-0.1, -0.05) is 67.6 Å². The van der Waals surface area contributed by atoms with Crippen LogP contribution in [0.15, 0.2) is 95.5 Å². The van der Waals surface area contributed by atoms with E-state index in [4.69, 9.17) is 19.9 Å². The molecule has 1 amide bonds. The second kappa shape index (κ2) is 16.9. The Labute approximate surface area is 317 Å². The maximum Gasteiger partial charge on any atom is 0.335 e. The maximum atomic E-state index is 12.5. The van der Waals surface area contributed by atoms with Gasteiger partial charge in [0.2, 0.25) is 12.4 Å². The highest BCUT2D eigenvalue weighted by Gasteiger charge is 2.58. The average molecular weight is 756 g/mol. The monoisotopic (exact) mass is 755 g/mol. The largest absolute Gasteiger partial charge is 0.508 e. The molecule has 1 fully saturated rings. The zero-order chi connectivity index (χ0) is 39.3. The number of aliphatic hydroxyl groups excluding tert-OH is 3. The number of aromatic hydroxyl groups is 1. The van der Waals surface area contributed by atoms with Gasteiger partial charge in [0.05, 0.1) is 17.7 Å². The third-order valence-electron chi connectivity index (χ3n) is 10.2. The highest BCUT2D eigenvalue weighted by atomic mass is 16.7. The number of nitrogens with zero attached hydrogens (tertiary/aromatic N) is 1. The molecule has 0 aromatic heterocycles. The molecule has 3 aromatic rings. The van der Waals surface area contributed by atoms with Crippen molar-refractivity contribution in [1.29, 1.82) is 0 Å². The van der Waals surface area contributed by atoms with Gasteiger partial charge in [-0.2, -0.15) is 0 Å². The fourth-order valence-electron chi connectivity index (χ4n) is 6.97. The number of amides is 1. The number of aliphatic carboxylic acids is 1. The van der Waals surface area contributed by atoms with Crippen LogP contribution in [0.25, 0.3) is 17.4 Å². The summed E-state index contributed by atoms with van der Waals surface area (Å²) in [6.45, 7) is 2.72. The van der Waals surface area contributed by atoms with Crippen molar-refractivity contribution in [1.82, 2.24) is 5.32 Å². The topological polar surface area (TPSA) is 234 Å². The van der Waals surface area contributed by atoms with Crippen LogP contribution in [-0.2, 0) is 14.3 Å². The Hall–Kier alpha value is -5.51. The number of rotatable bonds is 15. The number of nitrogens with two attached hydrogens (primary N) is 1. The number of benzene rings is 3. The molecule has 290 valence electrons. The number of carboxylic acid groups (broad SMARTS) is 1. The van der Waals surface area contributed by atoms with Gasteiger partial charge in [0.1, 0.15) is 35.2 Å². The van der Waals surface area contributed by atoms with E-state index in [1.807, 2.05) is 36.5 Å².